The van der Waals surface area contributed by atoms with Crippen LogP contribution in [0, 0.1) is 6.92 Å². The first-order valence-corrected chi connectivity index (χ1v) is 11.5. The van der Waals surface area contributed by atoms with Gasteiger partial charge in [0, 0.05) is 25.4 Å². The van der Waals surface area contributed by atoms with Crippen LogP contribution in [0.15, 0.2) is 48.5 Å². The first-order chi connectivity index (χ1) is 15.1. The third-order valence-corrected chi connectivity index (χ3v) is 5.48. The number of anilines is 2. The molecule has 0 saturated heterocycles. The molecular weight excluding hydrogens is 412 g/mol. The van der Waals surface area contributed by atoms with Gasteiger partial charge in [-0.25, -0.2) is 4.98 Å². The molecule has 1 aromatic heterocycles. The second kappa shape index (κ2) is 11.5. The Morgan fingerprint density at radius 2 is 1.84 bits per heavy atom. The van der Waals surface area contributed by atoms with Crippen molar-refractivity contribution in [2.24, 2.45) is 0 Å². The molecule has 2 N–H and O–H groups in total. The minimum absolute atomic E-state index is 0.133. The van der Waals surface area contributed by atoms with Gasteiger partial charge < -0.3 is 14.6 Å². The van der Waals surface area contributed by atoms with E-state index in [1.807, 2.05) is 66.9 Å². The molecule has 0 aliphatic carbocycles. The average molecular weight is 441 g/mol. The predicted octanol–water partition coefficient (Wildman–Crippen LogP) is 4.08. The molecular formula is C23H28N4O3S. The summed E-state index contributed by atoms with van der Waals surface area (Å²) in [5.41, 5.74) is 3.64. The highest BCUT2D eigenvalue weighted by atomic mass is 32.2. The van der Waals surface area contributed by atoms with Crippen molar-refractivity contribution in [2.45, 2.75) is 26.8 Å². The quantitative estimate of drug-likeness (QED) is 0.439. The van der Waals surface area contributed by atoms with E-state index in [0.29, 0.717) is 25.7 Å². The summed E-state index contributed by atoms with van der Waals surface area (Å²) in [5, 5.41) is 5.74. The normalized spacial score (nSPS) is 10.9. The van der Waals surface area contributed by atoms with Gasteiger partial charge in [-0.3, -0.25) is 14.9 Å². The number of imidazole rings is 1. The highest BCUT2D eigenvalue weighted by Gasteiger charge is 2.14. The summed E-state index contributed by atoms with van der Waals surface area (Å²) < 4.78 is 7.43. The van der Waals surface area contributed by atoms with E-state index in [-0.39, 0.29) is 23.3 Å². The summed E-state index contributed by atoms with van der Waals surface area (Å²) >= 11 is 1.27. The van der Waals surface area contributed by atoms with E-state index in [1.165, 1.54) is 11.8 Å². The summed E-state index contributed by atoms with van der Waals surface area (Å²) in [4.78, 5) is 29.1. The molecule has 31 heavy (non-hydrogen) atoms. The van der Waals surface area contributed by atoms with Crippen LogP contribution in [0.2, 0.25) is 0 Å². The molecule has 164 valence electrons. The number of nitrogens with zero attached hydrogens (tertiary/aromatic N) is 2. The standard InChI is InChI=1S/C23H28N4O3S/c1-3-30-13-7-12-27-20-11-5-4-10-19(20)25-23(27)26-22(29)16-31-15-21(28)24-18-9-6-8-17(2)14-18/h4-6,8-11,14H,3,7,12-13,15-16H2,1-2H3,(H,24,28)(H,25,26,29). The number of thioether (sulfide) groups is 1. The molecule has 0 saturated carbocycles. The van der Waals surface area contributed by atoms with Gasteiger partial charge in [-0.1, -0.05) is 24.3 Å². The van der Waals surface area contributed by atoms with Crippen molar-refractivity contribution in [3.05, 3.63) is 54.1 Å². The molecule has 0 bridgehead atoms. The predicted molar refractivity (Wildman–Crippen MR) is 127 cm³/mol. The summed E-state index contributed by atoms with van der Waals surface area (Å²) in [5.74, 6) is 0.573. The maximum absolute atomic E-state index is 12.5. The average Bonchev–Trinajstić information content (AvgIpc) is 3.08. The van der Waals surface area contributed by atoms with Gasteiger partial charge in [-0.05, 0) is 50.1 Å². The second-order valence-electron chi connectivity index (χ2n) is 7.08. The second-order valence-corrected chi connectivity index (χ2v) is 8.07. The lowest BCUT2D eigenvalue weighted by Gasteiger charge is -2.10. The molecule has 0 atom stereocenters. The topological polar surface area (TPSA) is 85.2 Å². The fraction of sp³-hybridized carbons (Fsp3) is 0.348. The molecule has 0 unspecified atom stereocenters. The largest absolute Gasteiger partial charge is 0.382 e. The number of rotatable bonds is 11. The number of para-hydroxylation sites is 2. The van der Waals surface area contributed by atoms with Gasteiger partial charge in [0.1, 0.15) is 0 Å². The van der Waals surface area contributed by atoms with E-state index < -0.39 is 0 Å². The number of carbonyl (C=O) groups is 2. The molecule has 0 fully saturated rings. The number of hydrogen-bond donors (Lipinski definition) is 2. The first kappa shape index (κ1) is 22.8. The van der Waals surface area contributed by atoms with Crippen molar-refractivity contribution in [2.75, 3.05) is 35.4 Å². The van der Waals surface area contributed by atoms with E-state index in [1.54, 1.807) is 0 Å². The number of hydrogen-bond acceptors (Lipinski definition) is 5. The zero-order chi connectivity index (χ0) is 22.1. The van der Waals surface area contributed by atoms with E-state index >= 15 is 0 Å². The molecule has 2 amide bonds. The molecule has 8 heteroatoms. The van der Waals surface area contributed by atoms with Gasteiger partial charge >= 0.3 is 0 Å². The Balaban J connectivity index is 1.53. The maximum atomic E-state index is 12.5. The Hall–Kier alpha value is -2.84. The number of nitrogens with one attached hydrogen (secondary N) is 2. The number of amides is 2. The Bertz CT molecular complexity index is 1030. The molecule has 0 aliphatic heterocycles. The molecule has 3 rings (SSSR count). The molecule has 2 aromatic carbocycles. The summed E-state index contributed by atoms with van der Waals surface area (Å²) in [7, 11) is 0. The Kier molecular flexibility index (Phi) is 8.49. The zero-order valence-electron chi connectivity index (χ0n) is 17.9. The SMILES string of the molecule is CCOCCCn1c(NC(=O)CSCC(=O)Nc2cccc(C)c2)nc2ccccc21. The van der Waals surface area contributed by atoms with Crippen molar-refractivity contribution in [3.8, 4) is 0 Å². The van der Waals surface area contributed by atoms with Crippen LogP contribution in [0.3, 0.4) is 0 Å². The fourth-order valence-electron chi connectivity index (χ4n) is 3.18. The maximum Gasteiger partial charge on any atom is 0.236 e. The monoisotopic (exact) mass is 440 g/mol. The molecule has 0 aliphatic rings. The Labute approximate surface area is 186 Å². The molecule has 7 nitrogen and oxygen atoms in total. The Morgan fingerprint density at radius 1 is 1.06 bits per heavy atom. The molecule has 3 aromatic rings. The molecule has 0 spiro atoms. The smallest absolute Gasteiger partial charge is 0.236 e. The lowest BCUT2D eigenvalue weighted by Crippen LogP contribution is -2.20. The lowest BCUT2D eigenvalue weighted by molar-refractivity contribution is -0.114. The van der Waals surface area contributed by atoms with Crippen molar-refractivity contribution in [3.63, 3.8) is 0 Å². The van der Waals surface area contributed by atoms with Gasteiger partial charge in [0.05, 0.1) is 22.5 Å². The van der Waals surface area contributed by atoms with Gasteiger partial charge in [0.15, 0.2) is 0 Å². The number of fused-ring (bicyclic) bond motifs is 1. The zero-order valence-corrected chi connectivity index (χ0v) is 18.7. The van der Waals surface area contributed by atoms with Gasteiger partial charge in [0.2, 0.25) is 17.8 Å². The van der Waals surface area contributed by atoms with Crippen LogP contribution in [-0.4, -0.2) is 46.1 Å². The van der Waals surface area contributed by atoms with E-state index in [9.17, 15) is 9.59 Å². The van der Waals surface area contributed by atoms with Crippen molar-refractivity contribution < 1.29 is 14.3 Å². The third-order valence-electron chi connectivity index (χ3n) is 4.55. The number of carbonyl (C=O) groups excluding carboxylic acids is 2. The number of aromatic nitrogens is 2. The van der Waals surface area contributed by atoms with Crippen molar-refractivity contribution >= 4 is 46.2 Å². The van der Waals surface area contributed by atoms with Crippen molar-refractivity contribution in [1.29, 1.82) is 0 Å². The third kappa shape index (κ3) is 6.83. The number of benzene rings is 2. The highest BCUT2D eigenvalue weighted by Crippen LogP contribution is 2.20. The highest BCUT2D eigenvalue weighted by molar-refractivity contribution is 8.00. The fourth-order valence-corrected chi connectivity index (χ4v) is 3.80. The van der Waals surface area contributed by atoms with Crippen LogP contribution in [0.5, 0.6) is 0 Å². The van der Waals surface area contributed by atoms with E-state index in [4.69, 9.17) is 4.74 Å². The first-order valence-electron chi connectivity index (χ1n) is 10.3. The van der Waals surface area contributed by atoms with Crippen LogP contribution in [0.4, 0.5) is 11.6 Å². The van der Waals surface area contributed by atoms with E-state index in [0.717, 1.165) is 28.7 Å². The summed E-state index contributed by atoms with van der Waals surface area (Å²) in [6.07, 6.45) is 0.824. The lowest BCUT2D eigenvalue weighted by atomic mass is 10.2. The number of ether oxygens (including phenoxy) is 1. The van der Waals surface area contributed by atoms with Crippen LogP contribution in [0.1, 0.15) is 18.9 Å². The summed E-state index contributed by atoms with van der Waals surface area (Å²) in [6.45, 7) is 5.98. The minimum Gasteiger partial charge on any atom is -0.382 e. The number of aryl methyl sites for hydroxylation is 2. The molecule has 0 radical (unpaired) electrons. The van der Waals surface area contributed by atoms with Crippen LogP contribution < -0.4 is 10.6 Å². The van der Waals surface area contributed by atoms with Gasteiger partial charge in [0.25, 0.3) is 0 Å². The van der Waals surface area contributed by atoms with Crippen LogP contribution >= 0.6 is 11.8 Å². The minimum atomic E-state index is -0.185. The van der Waals surface area contributed by atoms with Crippen LogP contribution in [0.25, 0.3) is 11.0 Å². The molecule has 1 heterocycles. The Morgan fingerprint density at radius 3 is 2.61 bits per heavy atom. The summed E-state index contributed by atoms with van der Waals surface area (Å²) in [6, 6.07) is 15.4. The van der Waals surface area contributed by atoms with Crippen molar-refractivity contribution in [1.82, 2.24) is 9.55 Å². The van der Waals surface area contributed by atoms with Crippen LogP contribution in [-0.2, 0) is 20.9 Å². The van der Waals surface area contributed by atoms with Gasteiger partial charge in [-0.15, -0.1) is 11.8 Å². The van der Waals surface area contributed by atoms with Gasteiger partial charge in [-0.2, -0.15) is 0 Å². The van der Waals surface area contributed by atoms with E-state index in [2.05, 4.69) is 15.6 Å².